The molecule has 1 aliphatic heterocycles. The van der Waals surface area contributed by atoms with Gasteiger partial charge in [-0.2, -0.15) is 4.31 Å². The Morgan fingerprint density at radius 3 is 2.21 bits per heavy atom. The van der Waals surface area contributed by atoms with Crippen LogP contribution < -0.4 is 0 Å². The topological polar surface area (TPSA) is 72.9 Å². The van der Waals surface area contributed by atoms with Crippen LogP contribution in [0.25, 0.3) is 0 Å². The maximum Gasteiger partial charge on any atom is 0.340 e. The second kappa shape index (κ2) is 6.92. The van der Waals surface area contributed by atoms with Crippen LogP contribution in [0, 0.1) is 16.7 Å². The number of esters is 1. The second-order valence-corrected chi connectivity index (χ2v) is 12.6. The lowest BCUT2D eigenvalue weighted by Crippen LogP contribution is -2.57. The fourth-order valence-corrected chi connectivity index (χ4v) is 9.43. The highest BCUT2D eigenvalue weighted by Crippen LogP contribution is 2.73. The normalized spacial score (nSPS) is 38.7. The molecule has 168 valence electrons. The van der Waals surface area contributed by atoms with Crippen LogP contribution in [0.5, 0.6) is 0 Å². The number of fused-ring (bicyclic) bond motifs is 3. The van der Waals surface area contributed by atoms with Gasteiger partial charge < -0.3 is 9.47 Å². The van der Waals surface area contributed by atoms with Gasteiger partial charge in [-0.15, -0.1) is 0 Å². The SMILES string of the molecule is CCC[C@]1(C)OC2(CC3CCC2(CS(=O)(=O)N(C(C)C)C(C)C)C3(C)C)OC1=O. The lowest BCUT2D eigenvalue weighted by Gasteiger charge is -2.47. The molecule has 1 saturated heterocycles. The van der Waals surface area contributed by atoms with Crippen molar-refractivity contribution < 1.29 is 22.7 Å². The van der Waals surface area contributed by atoms with Crippen LogP contribution in [0.2, 0.25) is 0 Å². The van der Waals surface area contributed by atoms with Crippen LogP contribution in [-0.4, -0.2) is 47.9 Å². The predicted octanol–water partition coefficient (Wildman–Crippen LogP) is 4.09. The highest BCUT2D eigenvalue weighted by molar-refractivity contribution is 7.89. The molecule has 2 aliphatic carbocycles. The van der Waals surface area contributed by atoms with Crippen LogP contribution in [0.15, 0.2) is 0 Å². The number of carbonyl (C=O) groups is 1. The van der Waals surface area contributed by atoms with Gasteiger partial charge in [-0.25, -0.2) is 13.2 Å². The Balaban J connectivity index is 2.07. The molecule has 4 atom stereocenters. The van der Waals surface area contributed by atoms with Crippen LogP contribution >= 0.6 is 0 Å². The van der Waals surface area contributed by atoms with Gasteiger partial charge in [0.2, 0.25) is 15.8 Å². The summed E-state index contributed by atoms with van der Waals surface area (Å²) in [5.74, 6) is -1.26. The van der Waals surface area contributed by atoms with Gasteiger partial charge in [-0.05, 0) is 65.2 Å². The molecule has 29 heavy (non-hydrogen) atoms. The molecule has 3 aliphatic rings. The fourth-order valence-electron chi connectivity index (χ4n) is 6.64. The maximum atomic E-state index is 13.7. The van der Waals surface area contributed by atoms with Crippen molar-refractivity contribution in [3.05, 3.63) is 0 Å². The van der Waals surface area contributed by atoms with E-state index in [1.54, 1.807) is 11.2 Å². The van der Waals surface area contributed by atoms with Crippen LogP contribution in [0.3, 0.4) is 0 Å². The molecule has 0 radical (unpaired) electrons. The molecule has 3 unspecified atom stereocenters. The first kappa shape index (κ1) is 23.0. The van der Waals surface area contributed by atoms with Crippen molar-refractivity contribution in [3.8, 4) is 0 Å². The first-order valence-electron chi connectivity index (χ1n) is 11.1. The molecule has 3 fully saturated rings. The van der Waals surface area contributed by atoms with Gasteiger partial charge in [-0.3, -0.25) is 0 Å². The maximum absolute atomic E-state index is 13.7. The van der Waals surface area contributed by atoms with Crippen molar-refractivity contribution in [1.29, 1.82) is 0 Å². The molecule has 0 aromatic heterocycles. The standard InChI is InChI=1S/C22H39NO5S/c1-9-11-20(8)18(24)27-22(28-20)13-17-10-12-21(22,19(17,6)7)14-29(25,26)23(15(2)3)16(4)5/h15-17H,9-14H2,1-8H3/t17?,20-,21?,22?/m0/s1. The first-order chi connectivity index (χ1) is 13.2. The predicted molar refractivity (Wildman–Crippen MR) is 113 cm³/mol. The minimum atomic E-state index is -3.59. The largest absolute Gasteiger partial charge is 0.430 e. The van der Waals surface area contributed by atoms with Crippen molar-refractivity contribution in [2.75, 3.05) is 5.75 Å². The number of hydrogen-bond acceptors (Lipinski definition) is 5. The van der Waals surface area contributed by atoms with Crippen molar-refractivity contribution in [2.24, 2.45) is 16.7 Å². The number of hydrogen-bond donors (Lipinski definition) is 0. The van der Waals surface area contributed by atoms with Gasteiger partial charge in [-0.1, -0.05) is 27.2 Å². The van der Waals surface area contributed by atoms with E-state index in [-0.39, 0.29) is 35.1 Å². The molecular formula is C22H39NO5S. The lowest BCUT2D eigenvalue weighted by atomic mass is 9.68. The summed E-state index contributed by atoms with van der Waals surface area (Å²) in [7, 11) is -3.59. The van der Waals surface area contributed by atoms with Crippen molar-refractivity contribution in [1.82, 2.24) is 4.31 Å². The summed E-state index contributed by atoms with van der Waals surface area (Å²) in [5.41, 5.74) is -2.04. The third-order valence-corrected chi connectivity index (χ3v) is 10.3. The molecule has 3 rings (SSSR count). The summed E-state index contributed by atoms with van der Waals surface area (Å²) < 4.78 is 41.5. The van der Waals surface area contributed by atoms with Gasteiger partial charge in [0.15, 0.2) is 5.60 Å². The summed E-state index contributed by atoms with van der Waals surface area (Å²) >= 11 is 0. The van der Waals surface area contributed by atoms with E-state index in [4.69, 9.17) is 9.47 Å². The quantitative estimate of drug-likeness (QED) is 0.570. The van der Waals surface area contributed by atoms with Crippen LogP contribution in [-0.2, 0) is 24.3 Å². The summed E-state index contributed by atoms with van der Waals surface area (Å²) in [4.78, 5) is 12.9. The highest BCUT2D eigenvalue weighted by atomic mass is 32.2. The molecule has 0 aromatic rings. The van der Waals surface area contributed by atoms with Crippen molar-refractivity contribution >= 4 is 16.0 Å². The summed E-state index contributed by atoms with van der Waals surface area (Å²) in [6, 6.07) is -0.266. The Bertz CT molecular complexity index is 768. The molecule has 0 aromatic carbocycles. The summed E-state index contributed by atoms with van der Waals surface area (Å²) in [6.45, 7) is 15.7. The third-order valence-electron chi connectivity index (χ3n) is 7.99. The Hall–Kier alpha value is -0.660. The van der Waals surface area contributed by atoms with Gasteiger partial charge >= 0.3 is 5.97 Å². The number of carbonyl (C=O) groups excluding carboxylic acids is 1. The zero-order valence-electron chi connectivity index (χ0n) is 19.4. The Labute approximate surface area is 176 Å². The number of sulfonamides is 1. The molecular weight excluding hydrogens is 390 g/mol. The number of nitrogens with zero attached hydrogens (tertiary/aromatic N) is 1. The molecule has 1 heterocycles. The van der Waals surface area contributed by atoms with Gasteiger partial charge in [0, 0.05) is 18.5 Å². The van der Waals surface area contributed by atoms with Crippen molar-refractivity contribution in [2.45, 2.75) is 111 Å². The molecule has 2 saturated carbocycles. The van der Waals surface area contributed by atoms with Gasteiger partial charge in [0.1, 0.15) is 0 Å². The van der Waals surface area contributed by atoms with E-state index in [0.717, 1.165) is 12.8 Å². The van der Waals surface area contributed by atoms with E-state index >= 15 is 0 Å². The Morgan fingerprint density at radius 2 is 1.72 bits per heavy atom. The van der Waals surface area contributed by atoms with Gasteiger partial charge in [0.05, 0.1) is 11.2 Å². The van der Waals surface area contributed by atoms with Crippen LogP contribution in [0.4, 0.5) is 0 Å². The average molecular weight is 430 g/mol. The van der Waals surface area contributed by atoms with E-state index in [2.05, 4.69) is 13.8 Å². The van der Waals surface area contributed by atoms with E-state index in [0.29, 0.717) is 19.3 Å². The van der Waals surface area contributed by atoms with Crippen LogP contribution in [0.1, 0.15) is 87.5 Å². The third kappa shape index (κ3) is 3.09. The molecule has 2 bridgehead atoms. The monoisotopic (exact) mass is 429 g/mol. The zero-order valence-corrected chi connectivity index (χ0v) is 20.2. The smallest absolute Gasteiger partial charge is 0.340 e. The van der Waals surface area contributed by atoms with E-state index in [1.165, 1.54) is 0 Å². The van der Waals surface area contributed by atoms with Gasteiger partial charge in [0.25, 0.3) is 0 Å². The Morgan fingerprint density at radius 1 is 1.14 bits per heavy atom. The van der Waals surface area contributed by atoms with Crippen molar-refractivity contribution in [3.63, 3.8) is 0 Å². The highest BCUT2D eigenvalue weighted by Gasteiger charge is 2.79. The average Bonchev–Trinajstić information content (AvgIpc) is 2.98. The second-order valence-electron chi connectivity index (χ2n) is 10.7. The summed E-state index contributed by atoms with van der Waals surface area (Å²) in [6.07, 6.45) is 3.60. The molecule has 1 spiro atoms. The molecule has 0 N–H and O–H groups in total. The molecule has 0 amide bonds. The van der Waals surface area contributed by atoms with E-state index in [9.17, 15) is 13.2 Å². The first-order valence-corrected chi connectivity index (χ1v) is 12.7. The lowest BCUT2D eigenvalue weighted by molar-refractivity contribution is -0.254. The molecule has 6 nitrogen and oxygen atoms in total. The molecule has 7 heteroatoms. The van der Waals surface area contributed by atoms with E-state index < -0.39 is 26.8 Å². The minimum absolute atomic E-state index is 0.0463. The fraction of sp³-hybridized carbons (Fsp3) is 0.955. The zero-order chi connectivity index (χ0) is 22.0. The van der Waals surface area contributed by atoms with E-state index in [1.807, 2.05) is 34.6 Å². The number of ether oxygens (including phenoxy) is 2. The Kier molecular flexibility index (Phi) is 5.49. The minimum Gasteiger partial charge on any atom is -0.430 e. The number of rotatable bonds is 7. The summed E-state index contributed by atoms with van der Waals surface area (Å²) in [5, 5.41) is 0.